The van der Waals surface area contributed by atoms with E-state index < -0.39 is 5.54 Å². The predicted molar refractivity (Wildman–Crippen MR) is 50.5 cm³/mol. The van der Waals surface area contributed by atoms with E-state index in [1.54, 1.807) is 6.20 Å². The average molecular weight is 181 g/mol. The van der Waals surface area contributed by atoms with Crippen LogP contribution in [0.2, 0.25) is 0 Å². The lowest BCUT2D eigenvalue weighted by Gasteiger charge is -2.16. The Morgan fingerprint density at radius 1 is 1.69 bits per heavy atom. The predicted octanol–water partition coefficient (Wildman–Crippen LogP) is 1.03. The second-order valence-electron chi connectivity index (χ2n) is 4.00. The van der Waals surface area contributed by atoms with Gasteiger partial charge in [-0.1, -0.05) is 0 Å². The van der Waals surface area contributed by atoms with Crippen LogP contribution in [0.3, 0.4) is 0 Å². The maximum absolute atomic E-state index is 11.6. The molecule has 0 aliphatic rings. The zero-order chi connectivity index (χ0) is 10.1. The van der Waals surface area contributed by atoms with Gasteiger partial charge in [0.2, 0.25) is 0 Å². The molecule has 0 atom stereocenters. The molecule has 0 aromatic carbocycles. The van der Waals surface area contributed by atoms with Crippen molar-refractivity contribution in [1.82, 2.24) is 10.2 Å². The van der Waals surface area contributed by atoms with E-state index in [9.17, 15) is 4.79 Å². The minimum absolute atomic E-state index is 0.0405. The van der Waals surface area contributed by atoms with E-state index in [4.69, 9.17) is 5.73 Å². The van der Waals surface area contributed by atoms with Crippen LogP contribution in [0.15, 0.2) is 6.20 Å². The number of ketones is 1. The number of aromatic nitrogens is 2. The van der Waals surface area contributed by atoms with Gasteiger partial charge in [-0.2, -0.15) is 5.10 Å². The van der Waals surface area contributed by atoms with Gasteiger partial charge in [0.25, 0.3) is 0 Å². The number of nitrogens with two attached hydrogens (primary N) is 1. The summed E-state index contributed by atoms with van der Waals surface area (Å²) < 4.78 is 0. The zero-order valence-corrected chi connectivity index (χ0v) is 8.22. The molecular formula is C9H15N3O. The fourth-order valence-corrected chi connectivity index (χ4v) is 1.14. The highest BCUT2D eigenvalue weighted by Crippen LogP contribution is 2.12. The van der Waals surface area contributed by atoms with Crippen LogP contribution in [-0.2, 0) is 0 Å². The molecule has 13 heavy (non-hydrogen) atoms. The van der Waals surface area contributed by atoms with Crippen molar-refractivity contribution in [1.29, 1.82) is 0 Å². The van der Waals surface area contributed by atoms with Crippen LogP contribution in [0.4, 0.5) is 0 Å². The van der Waals surface area contributed by atoms with Crippen molar-refractivity contribution in [3.8, 4) is 0 Å². The number of Topliss-reactive ketones (excluding diaryl/α,β-unsaturated/α-hetero) is 1. The number of hydrogen-bond acceptors (Lipinski definition) is 3. The van der Waals surface area contributed by atoms with Crippen LogP contribution in [0.5, 0.6) is 0 Å². The molecule has 0 aliphatic heterocycles. The number of hydrogen-bond donors (Lipinski definition) is 2. The van der Waals surface area contributed by atoms with Gasteiger partial charge >= 0.3 is 0 Å². The quantitative estimate of drug-likeness (QED) is 0.684. The Balaban J connectivity index is 2.76. The molecule has 0 saturated heterocycles. The van der Waals surface area contributed by atoms with Crippen LogP contribution >= 0.6 is 0 Å². The highest BCUT2D eigenvalue weighted by molar-refractivity contribution is 5.97. The summed E-state index contributed by atoms with van der Waals surface area (Å²) in [6.07, 6.45) is 1.89. The topological polar surface area (TPSA) is 71.8 Å². The number of carbonyl (C=O) groups excluding carboxylic acids is 1. The molecule has 0 fully saturated rings. The molecule has 0 aliphatic carbocycles. The zero-order valence-electron chi connectivity index (χ0n) is 8.22. The van der Waals surface area contributed by atoms with Crippen molar-refractivity contribution in [2.75, 3.05) is 0 Å². The Morgan fingerprint density at radius 2 is 2.31 bits per heavy atom. The Kier molecular flexibility index (Phi) is 2.52. The molecule has 0 radical (unpaired) electrons. The molecule has 3 N–H and O–H groups in total. The Morgan fingerprint density at radius 3 is 2.69 bits per heavy atom. The van der Waals surface area contributed by atoms with Crippen molar-refractivity contribution in [2.45, 2.75) is 32.7 Å². The maximum atomic E-state index is 11.6. The Labute approximate surface area is 77.5 Å². The summed E-state index contributed by atoms with van der Waals surface area (Å²) in [4.78, 5) is 11.6. The first-order chi connectivity index (χ1) is 5.90. The standard InChI is InChI=1S/C9H15N3O/c1-6-7(5-11-12-6)8(13)4-9(2,3)10/h5H,4,10H2,1-3H3,(H,11,12). The molecule has 0 bridgehead atoms. The van der Waals surface area contributed by atoms with E-state index in [2.05, 4.69) is 10.2 Å². The molecule has 1 heterocycles. The fourth-order valence-electron chi connectivity index (χ4n) is 1.14. The number of aryl methyl sites for hydroxylation is 1. The third-order valence-electron chi connectivity index (χ3n) is 1.75. The molecule has 1 rings (SSSR count). The molecule has 0 spiro atoms. The van der Waals surface area contributed by atoms with Gasteiger partial charge in [0.1, 0.15) is 0 Å². The summed E-state index contributed by atoms with van der Waals surface area (Å²) in [5.41, 5.74) is 6.72. The summed E-state index contributed by atoms with van der Waals surface area (Å²) in [5.74, 6) is 0.0405. The van der Waals surface area contributed by atoms with E-state index in [0.717, 1.165) is 5.69 Å². The van der Waals surface area contributed by atoms with Crippen LogP contribution in [0.1, 0.15) is 36.3 Å². The first kappa shape index (κ1) is 9.92. The number of rotatable bonds is 3. The third kappa shape index (κ3) is 2.66. The van der Waals surface area contributed by atoms with Gasteiger partial charge < -0.3 is 5.73 Å². The number of nitrogens with zero attached hydrogens (tertiary/aromatic N) is 1. The molecule has 0 unspecified atom stereocenters. The third-order valence-corrected chi connectivity index (χ3v) is 1.75. The highest BCUT2D eigenvalue weighted by Gasteiger charge is 2.19. The average Bonchev–Trinajstić information content (AvgIpc) is 2.30. The smallest absolute Gasteiger partial charge is 0.168 e. The van der Waals surface area contributed by atoms with Crippen molar-refractivity contribution in [3.05, 3.63) is 17.5 Å². The van der Waals surface area contributed by atoms with Gasteiger partial charge in [-0.3, -0.25) is 9.89 Å². The van der Waals surface area contributed by atoms with Gasteiger partial charge in [-0.05, 0) is 20.8 Å². The van der Waals surface area contributed by atoms with Gasteiger partial charge in [-0.25, -0.2) is 0 Å². The molecule has 4 nitrogen and oxygen atoms in total. The van der Waals surface area contributed by atoms with E-state index in [-0.39, 0.29) is 5.78 Å². The lowest BCUT2D eigenvalue weighted by Crippen LogP contribution is -2.34. The van der Waals surface area contributed by atoms with E-state index >= 15 is 0 Å². The second-order valence-corrected chi connectivity index (χ2v) is 4.00. The monoisotopic (exact) mass is 181 g/mol. The molecule has 1 aromatic rings. The van der Waals surface area contributed by atoms with Crippen LogP contribution in [0, 0.1) is 6.92 Å². The highest BCUT2D eigenvalue weighted by atomic mass is 16.1. The van der Waals surface area contributed by atoms with Gasteiger partial charge in [0, 0.05) is 17.7 Å². The van der Waals surface area contributed by atoms with E-state index in [1.807, 2.05) is 20.8 Å². The number of H-pyrrole nitrogens is 1. The lowest BCUT2D eigenvalue weighted by molar-refractivity contribution is 0.0960. The van der Waals surface area contributed by atoms with Crippen molar-refractivity contribution >= 4 is 5.78 Å². The first-order valence-corrected chi connectivity index (χ1v) is 4.22. The summed E-state index contributed by atoms with van der Waals surface area (Å²) in [6, 6.07) is 0. The second kappa shape index (κ2) is 3.30. The first-order valence-electron chi connectivity index (χ1n) is 4.22. The summed E-state index contributed by atoms with van der Waals surface area (Å²) in [6.45, 7) is 5.49. The molecule has 0 amide bonds. The van der Waals surface area contributed by atoms with Gasteiger partial charge in [0.05, 0.1) is 11.8 Å². The maximum Gasteiger partial charge on any atom is 0.168 e. The molecule has 72 valence electrons. The van der Waals surface area contributed by atoms with E-state index in [0.29, 0.717) is 12.0 Å². The number of aromatic amines is 1. The minimum Gasteiger partial charge on any atom is -0.325 e. The normalized spacial score (nSPS) is 11.7. The number of carbonyl (C=O) groups is 1. The summed E-state index contributed by atoms with van der Waals surface area (Å²) >= 11 is 0. The van der Waals surface area contributed by atoms with Crippen LogP contribution < -0.4 is 5.73 Å². The molecule has 0 saturated carbocycles. The Bertz CT molecular complexity index is 309. The van der Waals surface area contributed by atoms with E-state index in [1.165, 1.54) is 0 Å². The van der Waals surface area contributed by atoms with Gasteiger partial charge in [0.15, 0.2) is 5.78 Å². The largest absolute Gasteiger partial charge is 0.325 e. The fraction of sp³-hybridized carbons (Fsp3) is 0.556. The van der Waals surface area contributed by atoms with Crippen molar-refractivity contribution in [3.63, 3.8) is 0 Å². The van der Waals surface area contributed by atoms with Crippen molar-refractivity contribution in [2.24, 2.45) is 5.73 Å². The minimum atomic E-state index is -0.458. The summed E-state index contributed by atoms with van der Waals surface area (Å²) in [5, 5.41) is 6.51. The molecular weight excluding hydrogens is 166 g/mol. The van der Waals surface area contributed by atoms with Crippen molar-refractivity contribution < 1.29 is 4.79 Å². The van der Waals surface area contributed by atoms with Gasteiger partial charge in [-0.15, -0.1) is 0 Å². The van der Waals surface area contributed by atoms with Crippen LogP contribution in [0.25, 0.3) is 0 Å². The summed E-state index contributed by atoms with van der Waals surface area (Å²) in [7, 11) is 0. The molecule has 4 heteroatoms. The van der Waals surface area contributed by atoms with Crippen LogP contribution in [-0.4, -0.2) is 21.5 Å². The Hall–Kier alpha value is -1.16. The SMILES string of the molecule is Cc1[nH]ncc1C(=O)CC(C)(C)N. The lowest BCUT2D eigenvalue weighted by atomic mass is 9.96. The number of nitrogens with one attached hydrogen (secondary N) is 1. The molecule has 1 aromatic heterocycles.